The molecule has 0 aliphatic carbocycles. The second-order valence-electron chi connectivity index (χ2n) is 7.16. The molecule has 0 radical (unpaired) electrons. The highest BCUT2D eigenvalue weighted by atomic mass is 32.1. The first-order valence-electron chi connectivity index (χ1n) is 9.89. The molecule has 30 heavy (non-hydrogen) atoms. The molecule has 7 nitrogen and oxygen atoms in total. The summed E-state index contributed by atoms with van der Waals surface area (Å²) in [6.07, 6.45) is 0. The zero-order valence-electron chi connectivity index (χ0n) is 16.8. The van der Waals surface area contributed by atoms with Gasteiger partial charge in [-0.15, -0.1) is 0 Å². The van der Waals surface area contributed by atoms with E-state index in [1.807, 2.05) is 37.3 Å². The lowest BCUT2D eigenvalue weighted by atomic mass is 10.1. The van der Waals surface area contributed by atoms with E-state index in [2.05, 4.69) is 25.0 Å². The number of benzene rings is 2. The molecule has 0 atom stereocenters. The van der Waals surface area contributed by atoms with Gasteiger partial charge in [-0.05, 0) is 42.8 Å². The van der Waals surface area contributed by atoms with Gasteiger partial charge in [0.25, 0.3) is 5.91 Å². The second-order valence-corrected chi connectivity index (χ2v) is 7.68. The standard InChI is InChI=1S/C22H24N4O3S/c1-16-21(25-30-24-16)15-29-20-7-3-5-18(13-20)22(27)23-19-6-2-4-17(12-19)14-26-8-10-28-11-9-26/h2-7,12-13H,8-11,14-15H2,1H3,(H,23,27). The molecular weight excluding hydrogens is 400 g/mol. The molecule has 0 bridgehead atoms. The van der Waals surface area contributed by atoms with E-state index >= 15 is 0 Å². The number of carbonyl (C=O) groups is 1. The van der Waals surface area contributed by atoms with E-state index in [9.17, 15) is 4.79 Å². The summed E-state index contributed by atoms with van der Waals surface area (Å²) in [5, 5.41) is 2.98. The minimum absolute atomic E-state index is 0.171. The van der Waals surface area contributed by atoms with Crippen molar-refractivity contribution < 1.29 is 14.3 Å². The van der Waals surface area contributed by atoms with E-state index in [0.717, 1.165) is 49.9 Å². The maximum Gasteiger partial charge on any atom is 0.255 e. The number of aryl methyl sites for hydroxylation is 1. The summed E-state index contributed by atoms with van der Waals surface area (Å²) >= 11 is 1.17. The Bertz CT molecular complexity index is 1000. The molecule has 2 aromatic carbocycles. The van der Waals surface area contributed by atoms with Gasteiger partial charge in [-0.1, -0.05) is 18.2 Å². The van der Waals surface area contributed by atoms with Crippen LogP contribution in [0.5, 0.6) is 5.75 Å². The van der Waals surface area contributed by atoms with Crippen LogP contribution in [0.3, 0.4) is 0 Å². The SMILES string of the molecule is Cc1nsnc1COc1cccc(C(=O)Nc2cccc(CN3CCOCC3)c2)c1. The molecule has 1 N–H and O–H groups in total. The van der Waals surface area contributed by atoms with Gasteiger partial charge in [0.05, 0.1) is 30.6 Å². The number of amides is 1. The summed E-state index contributed by atoms with van der Waals surface area (Å²) in [7, 11) is 0. The first-order valence-corrected chi connectivity index (χ1v) is 10.6. The first kappa shape index (κ1) is 20.5. The van der Waals surface area contributed by atoms with Crippen molar-refractivity contribution in [2.75, 3.05) is 31.6 Å². The van der Waals surface area contributed by atoms with Crippen LogP contribution in [0.4, 0.5) is 5.69 Å². The van der Waals surface area contributed by atoms with E-state index in [-0.39, 0.29) is 5.91 Å². The summed E-state index contributed by atoms with van der Waals surface area (Å²) in [6.45, 7) is 6.48. The average molecular weight is 425 g/mol. The van der Waals surface area contributed by atoms with Crippen LogP contribution in [0.25, 0.3) is 0 Å². The van der Waals surface area contributed by atoms with Crippen molar-refractivity contribution in [3.63, 3.8) is 0 Å². The van der Waals surface area contributed by atoms with Crippen LogP contribution in [-0.2, 0) is 17.9 Å². The Labute approximate surface area is 180 Å². The predicted octanol–water partition coefficient (Wildman–Crippen LogP) is 3.51. The topological polar surface area (TPSA) is 76.6 Å². The molecule has 3 aromatic rings. The Morgan fingerprint density at radius 1 is 1.17 bits per heavy atom. The number of nitrogens with zero attached hydrogens (tertiary/aromatic N) is 3. The highest BCUT2D eigenvalue weighted by Crippen LogP contribution is 2.19. The maximum absolute atomic E-state index is 12.7. The molecule has 8 heteroatoms. The maximum atomic E-state index is 12.7. The minimum Gasteiger partial charge on any atom is -0.487 e. The van der Waals surface area contributed by atoms with Crippen molar-refractivity contribution in [1.29, 1.82) is 0 Å². The van der Waals surface area contributed by atoms with Gasteiger partial charge in [0.1, 0.15) is 18.1 Å². The van der Waals surface area contributed by atoms with Gasteiger partial charge >= 0.3 is 0 Å². The average Bonchev–Trinajstić information content (AvgIpc) is 3.18. The Morgan fingerprint density at radius 3 is 2.80 bits per heavy atom. The van der Waals surface area contributed by atoms with Crippen LogP contribution in [0, 0.1) is 6.92 Å². The minimum atomic E-state index is -0.171. The number of anilines is 1. The molecule has 1 amide bonds. The molecule has 1 aromatic heterocycles. The molecule has 0 spiro atoms. The normalized spacial score (nSPS) is 14.4. The Kier molecular flexibility index (Phi) is 6.68. The third-order valence-corrected chi connectivity index (χ3v) is 5.57. The fourth-order valence-corrected chi connectivity index (χ4v) is 3.78. The molecule has 1 fully saturated rings. The zero-order valence-corrected chi connectivity index (χ0v) is 17.7. The first-order chi connectivity index (χ1) is 14.7. The Balaban J connectivity index is 1.37. The Hall–Kier alpha value is -2.81. The fraction of sp³-hybridized carbons (Fsp3) is 0.318. The molecule has 1 saturated heterocycles. The van der Waals surface area contributed by atoms with Crippen LogP contribution in [0.15, 0.2) is 48.5 Å². The van der Waals surface area contributed by atoms with Gasteiger partial charge in [0.15, 0.2) is 0 Å². The van der Waals surface area contributed by atoms with Gasteiger partial charge in [-0.2, -0.15) is 8.75 Å². The van der Waals surface area contributed by atoms with Crippen LogP contribution in [-0.4, -0.2) is 45.9 Å². The van der Waals surface area contributed by atoms with Gasteiger partial charge in [0.2, 0.25) is 0 Å². The lowest BCUT2D eigenvalue weighted by Gasteiger charge is -2.26. The number of ether oxygens (including phenoxy) is 2. The lowest BCUT2D eigenvalue weighted by molar-refractivity contribution is 0.0342. The molecule has 0 saturated carbocycles. The molecular formula is C22H24N4O3S. The van der Waals surface area contributed by atoms with E-state index < -0.39 is 0 Å². The van der Waals surface area contributed by atoms with E-state index in [1.165, 1.54) is 17.3 Å². The van der Waals surface area contributed by atoms with Crippen molar-refractivity contribution in [1.82, 2.24) is 13.6 Å². The Morgan fingerprint density at radius 2 is 2.00 bits per heavy atom. The number of carbonyl (C=O) groups excluding carboxylic acids is 1. The van der Waals surface area contributed by atoms with Gasteiger partial charge < -0.3 is 14.8 Å². The van der Waals surface area contributed by atoms with Crippen LogP contribution < -0.4 is 10.1 Å². The predicted molar refractivity (Wildman–Crippen MR) is 116 cm³/mol. The third-order valence-electron chi connectivity index (χ3n) is 4.91. The molecule has 156 valence electrons. The van der Waals surface area contributed by atoms with Crippen molar-refractivity contribution in [3.8, 4) is 5.75 Å². The van der Waals surface area contributed by atoms with Gasteiger partial charge in [-0.25, -0.2) is 0 Å². The molecule has 0 unspecified atom stereocenters. The van der Waals surface area contributed by atoms with Crippen molar-refractivity contribution >= 4 is 23.3 Å². The number of aromatic nitrogens is 2. The zero-order chi connectivity index (χ0) is 20.8. The van der Waals surface area contributed by atoms with E-state index in [1.54, 1.807) is 12.1 Å². The van der Waals surface area contributed by atoms with Crippen LogP contribution in [0.1, 0.15) is 27.3 Å². The number of hydrogen-bond donors (Lipinski definition) is 1. The lowest BCUT2D eigenvalue weighted by Crippen LogP contribution is -2.35. The van der Waals surface area contributed by atoms with Gasteiger partial charge in [0, 0.05) is 30.9 Å². The number of morpholine rings is 1. The highest BCUT2D eigenvalue weighted by molar-refractivity contribution is 6.99. The summed E-state index contributed by atoms with van der Waals surface area (Å²) in [5.74, 6) is 0.451. The van der Waals surface area contributed by atoms with Crippen LogP contribution in [0.2, 0.25) is 0 Å². The molecule has 1 aliphatic heterocycles. The van der Waals surface area contributed by atoms with Crippen molar-refractivity contribution in [3.05, 3.63) is 71.0 Å². The van der Waals surface area contributed by atoms with Crippen molar-refractivity contribution in [2.24, 2.45) is 0 Å². The van der Waals surface area contributed by atoms with E-state index in [4.69, 9.17) is 9.47 Å². The number of hydrogen-bond acceptors (Lipinski definition) is 7. The third kappa shape index (κ3) is 5.41. The number of nitrogens with one attached hydrogen (secondary N) is 1. The smallest absolute Gasteiger partial charge is 0.255 e. The summed E-state index contributed by atoms with van der Waals surface area (Å²) in [4.78, 5) is 15.1. The summed E-state index contributed by atoms with van der Waals surface area (Å²) < 4.78 is 19.5. The monoisotopic (exact) mass is 424 g/mol. The summed E-state index contributed by atoms with van der Waals surface area (Å²) in [6, 6.07) is 15.1. The van der Waals surface area contributed by atoms with Gasteiger partial charge in [-0.3, -0.25) is 9.69 Å². The molecule has 2 heterocycles. The van der Waals surface area contributed by atoms with Crippen LogP contribution >= 0.6 is 11.7 Å². The molecule has 4 rings (SSSR count). The fourth-order valence-electron chi connectivity index (χ4n) is 3.23. The second kappa shape index (κ2) is 9.80. The largest absolute Gasteiger partial charge is 0.487 e. The number of rotatable bonds is 7. The summed E-state index contributed by atoms with van der Waals surface area (Å²) in [5.41, 5.74) is 4.16. The molecule has 1 aliphatic rings. The van der Waals surface area contributed by atoms with E-state index in [0.29, 0.717) is 17.9 Å². The quantitative estimate of drug-likeness (QED) is 0.626. The van der Waals surface area contributed by atoms with Crippen molar-refractivity contribution in [2.45, 2.75) is 20.1 Å². The highest BCUT2D eigenvalue weighted by Gasteiger charge is 2.12.